The van der Waals surface area contributed by atoms with Gasteiger partial charge in [-0.2, -0.15) is 0 Å². The molecular formula is C79H133N5O57. The van der Waals surface area contributed by atoms with Gasteiger partial charge in [-0.1, -0.05) is 0 Å². The van der Waals surface area contributed by atoms with E-state index in [1.807, 2.05) is 0 Å². The molecule has 0 saturated carbocycles. The van der Waals surface area contributed by atoms with Gasteiger partial charge in [-0.25, -0.2) is 9.59 Å². The first-order valence-electron chi connectivity index (χ1n) is 44.8. The van der Waals surface area contributed by atoms with Crippen LogP contribution in [0.2, 0.25) is 0 Å². The fraction of sp³-hybridized carbons (Fsp3) is 0.911. The molecule has 9 fully saturated rings. The molecule has 5 amide bonds. The zero-order chi connectivity index (χ0) is 105. The number of aliphatic hydroxyl groups excluding tert-OH is 30. The molecule has 9 aliphatic heterocycles. The van der Waals surface area contributed by atoms with Crippen molar-refractivity contribution >= 4 is 41.5 Å². The summed E-state index contributed by atoms with van der Waals surface area (Å²) in [5.74, 6) is -18.8. The number of carbonyl (C=O) groups excluding carboxylic acids is 5. The second-order valence-electron chi connectivity index (χ2n) is 35.5. The lowest BCUT2D eigenvalue weighted by atomic mass is 9.88. The van der Waals surface area contributed by atoms with Gasteiger partial charge in [-0.05, 0) is 12.8 Å². The first kappa shape index (κ1) is 119. The summed E-state index contributed by atoms with van der Waals surface area (Å²) in [6.07, 6.45) is -96.0. The zero-order valence-electron chi connectivity index (χ0n) is 76.1. The lowest BCUT2D eigenvalue weighted by Crippen LogP contribution is -2.69. The average molecular weight is 2060 g/mol. The fourth-order valence-electron chi connectivity index (χ4n) is 17.9. The Hall–Kier alpha value is -5.63. The smallest absolute Gasteiger partial charge is 0.364 e. The summed E-state index contributed by atoms with van der Waals surface area (Å²) in [5, 5.41) is 368. The number of carboxylic acid groups (broad SMARTS) is 2. The molecule has 141 heavy (non-hydrogen) atoms. The van der Waals surface area contributed by atoms with Gasteiger partial charge >= 0.3 is 11.9 Å². The minimum Gasteiger partial charge on any atom is -0.477 e. The van der Waals surface area contributed by atoms with E-state index in [-0.39, 0.29) is 0 Å². The molecular weight excluding hydrogens is 1930 g/mol. The maximum atomic E-state index is 13.1. The highest BCUT2D eigenvalue weighted by Crippen LogP contribution is 2.43. The van der Waals surface area contributed by atoms with Crippen molar-refractivity contribution in [2.45, 2.75) is 360 Å². The predicted molar refractivity (Wildman–Crippen MR) is 438 cm³/mol. The van der Waals surface area contributed by atoms with Crippen LogP contribution in [0, 0.1) is 11.8 Å². The lowest BCUT2D eigenvalue weighted by molar-refractivity contribution is -0.378. The quantitative estimate of drug-likeness (QED) is 0.0252. The third kappa shape index (κ3) is 27.9. The molecule has 816 valence electrons. The van der Waals surface area contributed by atoms with Crippen molar-refractivity contribution in [1.82, 2.24) is 26.6 Å². The molecule has 0 aromatic heterocycles. The Kier molecular flexibility index (Phi) is 44.3. The number of carboxylic acids is 2. The molecule has 0 spiro atoms. The van der Waals surface area contributed by atoms with Crippen molar-refractivity contribution in [3.05, 3.63) is 0 Å². The third-order valence-electron chi connectivity index (χ3n) is 25.4. The summed E-state index contributed by atoms with van der Waals surface area (Å²) < 4.78 is 106. The van der Waals surface area contributed by atoms with Crippen LogP contribution in [0.1, 0.15) is 60.3 Å². The van der Waals surface area contributed by atoms with Gasteiger partial charge in [-0.15, -0.1) is 0 Å². The second-order valence-corrected chi connectivity index (χ2v) is 35.5. The van der Waals surface area contributed by atoms with Crippen LogP contribution < -0.4 is 26.6 Å². The molecule has 9 rings (SSSR count). The number of nitrogens with one attached hydrogen (secondary N) is 5. The highest BCUT2D eigenvalue weighted by molar-refractivity contribution is 5.78. The van der Waals surface area contributed by atoms with Crippen molar-refractivity contribution in [2.24, 2.45) is 11.8 Å². The standard InChI is InChI=1S/C79H133N5O57/c1-22(93)80-41-31(100)10-78(76(120)121,140-65(41)47(104)29(98)6-8-85)126-20-39-51(108)56(113)58(115)73(133-39)136-63-36(16-91)130-71(44(54(63)111)83-25(4)96)125-18-28-46(103)50(107)34(14-89)129-70(28)135-61-27(12-87)38(132-75(60(61)117)138-62-35(15-90)128-68(118)43(53(62)110)82-24(3)95)19-124-69(119)67(48(105)30(99)7-9-86)139-72-45(84-26(5)97)55(112)64(37(17-92)131-72)137-74-59(116)57(114)52(109)40(134-74)21-127-79(77(122)123)11-32(101)42(81-23(2)94)66(141-79)49(106)33(102)13-88/h27-75,85-92,98-119H,6-21H2,1-5H3,(H,80,93)(H,81,94)(H,82,95)(H,83,96)(H,84,97)(H,120,121)(H,122,123)/t27-,28?,29-,30-,31-,32-,33-,34?,35?,36?,37?,38?,39?,40?,41-,42-,43?,44+,45?,46?,47-,48+,49-,50-,51+,52+,53-,54?,55-,56?,57+,58+,59?,60-,61?,62-,63-,64-,65?,66?,67?,68-,69-,70-,71-,72+,73+,74+,75+,78-,79-/m1/s1. The van der Waals surface area contributed by atoms with Gasteiger partial charge in [0.25, 0.3) is 11.6 Å². The summed E-state index contributed by atoms with van der Waals surface area (Å²) in [6.45, 7) is -9.16. The molecule has 0 bridgehead atoms. The number of hydrogen-bond acceptors (Lipinski definition) is 55. The van der Waals surface area contributed by atoms with Gasteiger partial charge < -0.3 is 275 Å². The van der Waals surface area contributed by atoms with E-state index in [2.05, 4.69) is 26.6 Å². The van der Waals surface area contributed by atoms with Gasteiger partial charge in [0.1, 0.15) is 183 Å². The van der Waals surface area contributed by atoms with Crippen molar-refractivity contribution in [3.8, 4) is 0 Å². The van der Waals surface area contributed by atoms with Crippen LogP contribution in [0.3, 0.4) is 0 Å². The molecule has 0 radical (unpaired) electrons. The molecule has 0 aromatic carbocycles. The topological polar surface area (TPSA) is 993 Å². The van der Waals surface area contributed by atoms with Crippen LogP contribution in [-0.4, -0.2) is 584 Å². The highest BCUT2D eigenvalue weighted by Gasteiger charge is 2.63. The summed E-state index contributed by atoms with van der Waals surface area (Å²) >= 11 is 0. The summed E-state index contributed by atoms with van der Waals surface area (Å²) in [5.41, 5.74) is 0. The first-order chi connectivity index (χ1) is 66.4. The first-order valence-corrected chi connectivity index (χ1v) is 44.8. The predicted octanol–water partition coefficient (Wildman–Crippen LogP) is -22.8. The van der Waals surface area contributed by atoms with Crippen LogP contribution in [0.25, 0.3) is 0 Å². The molecule has 37 N–H and O–H groups in total. The monoisotopic (exact) mass is 2060 g/mol. The Bertz CT molecular complexity index is 3930. The number of aliphatic carboxylic acids is 2. The minimum absolute atomic E-state index is 0.535. The lowest BCUT2D eigenvalue weighted by Gasteiger charge is -2.50. The van der Waals surface area contributed by atoms with E-state index < -0.39 is 458 Å². The van der Waals surface area contributed by atoms with Crippen LogP contribution in [0.5, 0.6) is 0 Å². The third-order valence-corrected chi connectivity index (χ3v) is 25.4. The zero-order valence-corrected chi connectivity index (χ0v) is 76.1. The van der Waals surface area contributed by atoms with Crippen molar-refractivity contribution in [1.29, 1.82) is 0 Å². The molecule has 0 aliphatic carbocycles. The molecule has 9 saturated heterocycles. The van der Waals surface area contributed by atoms with E-state index in [9.17, 15) is 197 Å². The number of carbonyl (C=O) groups is 7. The van der Waals surface area contributed by atoms with Crippen LogP contribution in [0.15, 0.2) is 0 Å². The molecule has 51 atom stereocenters. The van der Waals surface area contributed by atoms with Gasteiger partial charge in [-0.3, -0.25) is 24.0 Å². The van der Waals surface area contributed by atoms with E-state index in [0.29, 0.717) is 0 Å². The molecule has 9 heterocycles. The number of amides is 5. The van der Waals surface area contributed by atoms with Crippen LogP contribution >= 0.6 is 0 Å². The normalized spacial score (nSPS) is 43.1. The maximum Gasteiger partial charge on any atom is 0.364 e. The van der Waals surface area contributed by atoms with Gasteiger partial charge in [0.15, 0.2) is 50.3 Å². The molecule has 62 nitrogen and oxygen atoms in total. The van der Waals surface area contributed by atoms with Crippen molar-refractivity contribution in [2.75, 3.05) is 79.3 Å². The highest BCUT2D eigenvalue weighted by atomic mass is 16.8. The average Bonchev–Trinajstić information content (AvgIpc) is 0.771. The Labute approximate surface area is 798 Å². The van der Waals surface area contributed by atoms with Crippen LogP contribution in [0.4, 0.5) is 0 Å². The SMILES string of the molecule is CC(=O)NC1[C@H](OC([C@H](O)OCC2O[C@@H](O[C@@H]3C(CO)O[C@@H](O)C(NC(C)=O)[C@H]3O)[C@H](O)C(O[C@H]3OC(CO)[C@@H](O)C(O)C3CO[C@@H]3OC(CO)[C@@H](O[C@@H]4OC(CO[C@]5(C(=O)O)C[C@@H](O)[C@@H](NC(C)=O)C([C@H](O)[C@H](O)CCO)O5)[C@H](O)C(O)[C@@H]4O)C(O)[C@@H]3NC(C)=O)[C@@H]2CO)[C@@H](O)[C@H](O)CCO)OC(CO)[C@@H](O[C@@H]2OC(CO[C@]3(C(=O)O)C[C@@H](O)[C@@H](NC(C)=O)C([C@H](O)[C@H](O)CO)O3)[C@H](O)[C@H](O)C2O)[C@@H]1O. The minimum atomic E-state index is -3.11. The van der Waals surface area contributed by atoms with E-state index >= 15 is 0 Å². The Morgan fingerprint density at radius 2 is 0.716 bits per heavy atom. The van der Waals surface area contributed by atoms with Crippen LogP contribution in [-0.2, 0) is 119 Å². The number of ether oxygens (including phenoxy) is 18. The molecule has 9 aliphatic rings. The molecule has 62 heteroatoms. The Balaban J connectivity index is 0.973. The van der Waals surface area contributed by atoms with E-state index in [1.54, 1.807) is 0 Å². The summed E-state index contributed by atoms with van der Waals surface area (Å²) in [7, 11) is 0. The second kappa shape index (κ2) is 52.5. The fourth-order valence-corrected chi connectivity index (χ4v) is 17.9. The molecule has 18 unspecified atom stereocenters. The van der Waals surface area contributed by atoms with E-state index in [0.717, 1.165) is 34.6 Å². The van der Waals surface area contributed by atoms with Gasteiger partial charge in [0.05, 0.1) is 127 Å². The maximum absolute atomic E-state index is 13.1. The number of aliphatic hydroxyl groups is 30. The largest absolute Gasteiger partial charge is 0.477 e. The van der Waals surface area contributed by atoms with E-state index in [1.165, 1.54) is 0 Å². The Morgan fingerprint density at radius 3 is 1.14 bits per heavy atom. The Morgan fingerprint density at radius 1 is 0.348 bits per heavy atom. The number of hydrogen-bond donors (Lipinski definition) is 37. The van der Waals surface area contributed by atoms with Crippen molar-refractivity contribution in [3.63, 3.8) is 0 Å². The summed E-state index contributed by atoms with van der Waals surface area (Å²) in [6, 6.07) is -9.25. The summed E-state index contributed by atoms with van der Waals surface area (Å²) in [4.78, 5) is 89.1. The van der Waals surface area contributed by atoms with Crippen molar-refractivity contribution < 1.29 is 282 Å². The number of rotatable bonds is 46. The van der Waals surface area contributed by atoms with Gasteiger partial charge in [0.2, 0.25) is 29.5 Å². The molecule has 0 aromatic rings. The van der Waals surface area contributed by atoms with E-state index in [4.69, 9.17) is 85.3 Å². The van der Waals surface area contributed by atoms with Gasteiger partial charge in [0, 0.05) is 66.6 Å².